The van der Waals surface area contributed by atoms with Crippen LogP contribution in [-0.4, -0.2) is 28.2 Å². The highest BCUT2D eigenvalue weighted by atomic mass is 28.4. The second-order valence-corrected chi connectivity index (χ2v) is 5.80. The highest BCUT2D eigenvalue weighted by molar-refractivity contribution is 6.56. The molecule has 1 atom stereocenters. The van der Waals surface area contributed by atoms with Gasteiger partial charge in [0.2, 0.25) is 0 Å². The molecule has 0 saturated heterocycles. The molecule has 104 valence electrons. The van der Waals surface area contributed by atoms with E-state index in [0.717, 1.165) is 19.1 Å². The summed E-state index contributed by atoms with van der Waals surface area (Å²) in [6, 6.07) is 0. The standard InChI is InChI=1S/C12H22O5Si/c1-7-11(8-2)16-18(14-6,15-9-3)17-12(13)10(4)5/h9,11H,3-4,7-8H2,1-2,5-6H3. The lowest BCUT2D eigenvalue weighted by molar-refractivity contribution is -0.139. The molecule has 0 amide bonds. The van der Waals surface area contributed by atoms with Gasteiger partial charge in [-0.1, -0.05) is 27.0 Å². The zero-order valence-electron chi connectivity index (χ0n) is 11.5. The molecule has 0 bridgehead atoms. The Hall–Kier alpha value is -1.11. The summed E-state index contributed by atoms with van der Waals surface area (Å²) in [4.78, 5) is 11.6. The van der Waals surface area contributed by atoms with Crippen LogP contribution in [0.3, 0.4) is 0 Å². The molecule has 0 aliphatic carbocycles. The van der Waals surface area contributed by atoms with Gasteiger partial charge in [0.15, 0.2) is 0 Å². The molecular weight excluding hydrogens is 252 g/mol. The summed E-state index contributed by atoms with van der Waals surface area (Å²) >= 11 is 0. The zero-order chi connectivity index (χ0) is 14.2. The lowest BCUT2D eigenvalue weighted by atomic mass is 10.2. The molecule has 0 aromatic heterocycles. The summed E-state index contributed by atoms with van der Waals surface area (Å²) in [5.41, 5.74) is 0.254. The topological polar surface area (TPSA) is 54.0 Å². The van der Waals surface area contributed by atoms with Crippen molar-refractivity contribution < 1.29 is 22.5 Å². The lowest BCUT2D eigenvalue weighted by Gasteiger charge is -2.27. The van der Waals surface area contributed by atoms with Crippen LogP contribution < -0.4 is 0 Å². The maximum absolute atomic E-state index is 11.6. The van der Waals surface area contributed by atoms with Gasteiger partial charge in [-0.3, -0.25) is 0 Å². The van der Waals surface area contributed by atoms with Crippen LogP contribution in [0.2, 0.25) is 0 Å². The van der Waals surface area contributed by atoms with E-state index in [0.29, 0.717) is 0 Å². The van der Waals surface area contributed by atoms with E-state index in [2.05, 4.69) is 13.2 Å². The first-order valence-electron chi connectivity index (χ1n) is 5.85. The van der Waals surface area contributed by atoms with Gasteiger partial charge in [0.05, 0.1) is 12.4 Å². The molecule has 0 aromatic rings. The molecular formula is C12H22O5Si. The Morgan fingerprint density at radius 1 is 1.39 bits per heavy atom. The zero-order valence-corrected chi connectivity index (χ0v) is 12.5. The summed E-state index contributed by atoms with van der Waals surface area (Å²) < 4.78 is 21.3. The van der Waals surface area contributed by atoms with Gasteiger partial charge in [0.1, 0.15) is 0 Å². The minimum absolute atomic E-state index is 0.102. The van der Waals surface area contributed by atoms with Gasteiger partial charge in [0.25, 0.3) is 0 Å². The molecule has 0 aliphatic heterocycles. The first-order chi connectivity index (χ1) is 8.44. The molecule has 0 spiro atoms. The van der Waals surface area contributed by atoms with Crippen LogP contribution in [0.5, 0.6) is 0 Å². The van der Waals surface area contributed by atoms with Crippen LogP contribution in [0.25, 0.3) is 0 Å². The van der Waals surface area contributed by atoms with Gasteiger partial charge < -0.3 is 17.7 Å². The van der Waals surface area contributed by atoms with E-state index in [-0.39, 0.29) is 11.7 Å². The van der Waals surface area contributed by atoms with E-state index in [4.69, 9.17) is 17.7 Å². The molecule has 0 aliphatic rings. The Balaban J connectivity index is 4.95. The Bertz CT molecular complexity index is 301. The molecule has 1 unspecified atom stereocenters. The van der Waals surface area contributed by atoms with Gasteiger partial charge in [-0.15, -0.1) is 0 Å². The van der Waals surface area contributed by atoms with E-state index >= 15 is 0 Å². The fraction of sp³-hybridized carbons (Fsp3) is 0.583. The average molecular weight is 274 g/mol. The summed E-state index contributed by atoms with van der Waals surface area (Å²) in [7, 11) is -2.15. The summed E-state index contributed by atoms with van der Waals surface area (Å²) in [6.45, 7) is 12.4. The highest BCUT2D eigenvalue weighted by Crippen LogP contribution is 2.18. The predicted molar refractivity (Wildman–Crippen MR) is 70.4 cm³/mol. The fourth-order valence-electron chi connectivity index (χ4n) is 1.18. The summed E-state index contributed by atoms with van der Waals surface area (Å²) in [6.07, 6.45) is 2.58. The fourth-order valence-corrected chi connectivity index (χ4v) is 2.95. The molecule has 0 N–H and O–H groups in total. The SMILES string of the molecule is C=CO[Si](OC)(OC(=O)C(=C)C)OC(CC)CC. The molecule has 6 heteroatoms. The minimum atomic E-state index is -3.53. The van der Waals surface area contributed by atoms with Crippen molar-refractivity contribution in [2.45, 2.75) is 39.7 Å². The Morgan fingerprint density at radius 2 is 1.94 bits per heavy atom. The second kappa shape index (κ2) is 8.07. The van der Waals surface area contributed by atoms with E-state index in [1.807, 2.05) is 13.8 Å². The van der Waals surface area contributed by atoms with Crippen molar-refractivity contribution in [1.29, 1.82) is 0 Å². The minimum Gasteiger partial charge on any atom is -0.478 e. The predicted octanol–water partition coefficient (Wildman–Crippen LogP) is 2.55. The molecule has 18 heavy (non-hydrogen) atoms. The summed E-state index contributed by atoms with van der Waals surface area (Å²) in [5, 5.41) is 0. The third kappa shape index (κ3) is 5.03. The number of carbonyl (C=O) groups excluding carboxylic acids is 1. The van der Waals surface area contributed by atoms with Crippen LogP contribution in [-0.2, 0) is 22.5 Å². The Labute approximate surface area is 110 Å². The molecule has 0 rings (SSSR count). The van der Waals surface area contributed by atoms with Gasteiger partial charge in [0, 0.05) is 12.7 Å². The molecule has 0 heterocycles. The van der Waals surface area contributed by atoms with Crippen LogP contribution in [0.4, 0.5) is 0 Å². The van der Waals surface area contributed by atoms with E-state index < -0.39 is 15.0 Å². The first kappa shape index (κ1) is 16.9. The largest absolute Gasteiger partial charge is 0.822 e. The molecule has 0 fully saturated rings. The van der Waals surface area contributed by atoms with Gasteiger partial charge >= 0.3 is 15.0 Å². The first-order valence-corrected chi connectivity index (χ1v) is 7.48. The van der Waals surface area contributed by atoms with Crippen molar-refractivity contribution in [1.82, 2.24) is 0 Å². The Kier molecular flexibility index (Phi) is 7.57. The Morgan fingerprint density at radius 3 is 2.28 bits per heavy atom. The van der Waals surface area contributed by atoms with Crippen molar-refractivity contribution in [2.75, 3.05) is 7.11 Å². The molecule has 5 nitrogen and oxygen atoms in total. The number of rotatable bonds is 9. The lowest BCUT2D eigenvalue weighted by Crippen LogP contribution is -2.51. The van der Waals surface area contributed by atoms with E-state index in [1.54, 1.807) is 6.92 Å². The highest BCUT2D eigenvalue weighted by Gasteiger charge is 2.52. The monoisotopic (exact) mass is 274 g/mol. The number of carbonyl (C=O) groups is 1. The van der Waals surface area contributed by atoms with Crippen molar-refractivity contribution in [3.05, 3.63) is 25.0 Å². The normalized spacial score (nSPS) is 13.8. The van der Waals surface area contributed by atoms with Crippen molar-refractivity contribution in [2.24, 2.45) is 0 Å². The summed E-state index contributed by atoms with van der Waals surface area (Å²) in [5.74, 6) is -0.601. The van der Waals surface area contributed by atoms with Crippen LogP contribution in [0, 0.1) is 0 Å². The third-order valence-corrected chi connectivity index (χ3v) is 4.28. The number of hydrogen-bond donors (Lipinski definition) is 0. The van der Waals surface area contributed by atoms with Crippen LogP contribution >= 0.6 is 0 Å². The van der Waals surface area contributed by atoms with Crippen molar-refractivity contribution in [3.63, 3.8) is 0 Å². The van der Waals surface area contributed by atoms with Gasteiger partial charge in [-0.05, 0) is 19.8 Å². The van der Waals surface area contributed by atoms with E-state index in [9.17, 15) is 4.79 Å². The molecule has 0 radical (unpaired) electrons. The maximum Gasteiger partial charge on any atom is 0.822 e. The smallest absolute Gasteiger partial charge is 0.478 e. The maximum atomic E-state index is 11.6. The average Bonchev–Trinajstić information content (AvgIpc) is 2.35. The van der Waals surface area contributed by atoms with Crippen molar-refractivity contribution in [3.8, 4) is 0 Å². The number of hydrogen-bond acceptors (Lipinski definition) is 5. The van der Waals surface area contributed by atoms with Gasteiger partial charge in [-0.25, -0.2) is 4.79 Å². The molecule has 0 saturated carbocycles. The quantitative estimate of drug-likeness (QED) is 0.367. The van der Waals surface area contributed by atoms with Crippen molar-refractivity contribution >= 4 is 15.0 Å². The molecule has 0 aromatic carbocycles. The third-order valence-electron chi connectivity index (χ3n) is 2.27. The van der Waals surface area contributed by atoms with Crippen LogP contribution in [0.15, 0.2) is 25.0 Å². The van der Waals surface area contributed by atoms with Gasteiger partial charge in [-0.2, -0.15) is 0 Å². The second-order valence-electron chi connectivity index (χ2n) is 3.71. The van der Waals surface area contributed by atoms with E-state index in [1.165, 1.54) is 7.11 Å². The van der Waals surface area contributed by atoms with Crippen LogP contribution in [0.1, 0.15) is 33.6 Å².